The van der Waals surface area contributed by atoms with Gasteiger partial charge in [-0.2, -0.15) is 0 Å². The van der Waals surface area contributed by atoms with Crippen LogP contribution in [0.15, 0.2) is 6.07 Å². The van der Waals surface area contributed by atoms with E-state index < -0.39 is 7.12 Å². The van der Waals surface area contributed by atoms with Crippen molar-refractivity contribution >= 4 is 12.6 Å². The average Bonchev–Trinajstić information content (AvgIpc) is 2.07. The maximum atomic E-state index is 9.53. The Morgan fingerprint density at radius 1 is 1.08 bits per heavy atom. The fraction of sp³-hybridized carbons (Fsp3) is 0.333. The van der Waals surface area contributed by atoms with Gasteiger partial charge in [0.1, 0.15) is 5.75 Å². The fourth-order valence-electron chi connectivity index (χ4n) is 1.37. The average molecular weight is 180 g/mol. The van der Waals surface area contributed by atoms with Gasteiger partial charge in [0.2, 0.25) is 0 Å². The molecule has 0 radical (unpaired) electrons. The molecule has 0 saturated heterocycles. The number of hydrogen-bond donors (Lipinski definition) is 3. The van der Waals surface area contributed by atoms with Crippen LogP contribution in [0.3, 0.4) is 0 Å². The van der Waals surface area contributed by atoms with E-state index in [1.54, 1.807) is 26.8 Å². The molecular formula is C9H13BO3. The van der Waals surface area contributed by atoms with Gasteiger partial charge in [0.15, 0.2) is 0 Å². The number of aromatic hydroxyl groups is 1. The van der Waals surface area contributed by atoms with Crippen LogP contribution in [0, 0.1) is 20.8 Å². The molecular weight excluding hydrogens is 167 g/mol. The molecule has 70 valence electrons. The zero-order valence-corrected chi connectivity index (χ0v) is 8.00. The van der Waals surface area contributed by atoms with E-state index in [2.05, 4.69) is 0 Å². The summed E-state index contributed by atoms with van der Waals surface area (Å²) >= 11 is 0. The maximum Gasteiger partial charge on any atom is 0.488 e. The molecule has 0 spiro atoms. The van der Waals surface area contributed by atoms with Crippen LogP contribution < -0.4 is 5.46 Å². The van der Waals surface area contributed by atoms with Gasteiger partial charge in [0.25, 0.3) is 0 Å². The Morgan fingerprint density at radius 2 is 1.62 bits per heavy atom. The highest BCUT2D eigenvalue weighted by Crippen LogP contribution is 2.22. The standard InChI is InChI=1S/C9H13BO3/c1-5-4-8(10(12)13)6(2)7(3)9(5)11/h4,11-13H,1-3H3. The van der Waals surface area contributed by atoms with E-state index in [4.69, 9.17) is 10.0 Å². The summed E-state index contributed by atoms with van der Waals surface area (Å²) in [6.07, 6.45) is 0. The Morgan fingerprint density at radius 3 is 2.08 bits per heavy atom. The molecule has 1 rings (SSSR count). The zero-order chi connectivity index (χ0) is 10.2. The number of rotatable bonds is 1. The molecule has 0 aliphatic rings. The van der Waals surface area contributed by atoms with Crippen LogP contribution >= 0.6 is 0 Å². The van der Waals surface area contributed by atoms with Gasteiger partial charge in [0, 0.05) is 0 Å². The van der Waals surface area contributed by atoms with Crippen LogP contribution in [0.5, 0.6) is 5.75 Å². The van der Waals surface area contributed by atoms with Gasteiger partial charge in [-0.25, -0.2) is 0 Å². The maximum absolute atomic E-state index is 9.53. The van der Waals surface area contributed by atoms with E-state index in [-0.39, 0.29) is 5.75 Å². The first-order valence-corrected chi connectivity index (χ1v) is 4.11. The van der Waals surface area contributed by atoms with E-state index in [1.165, 1.54) is 0 Å². The second-order valence-electron chi connectivity index (χ2n) is 3.25. The molecule has 0 saturated carbocycles. The van der Waals surface area contributed by atoms with Crippen molar-refractivity contribution in [2.45, 2.75) is 20.8 Å². The molecule has 1 aromatic carbocycles. The highest BCUT2D eigenvalue weighted by atomic mass is 16.4. The molecule has 0 unspecified atom stereocenters. The molecule has 1 aromatic rings. The van der Waals surface area contributed by atoms with Crippen molar-refractivity contribution in [3.63, 3.8) is 0 Å². The first-order chi connectivity index (χ1) is 5.95. The van der Waals surface area contributed by atoms with E-state index in [9.17, 15) is 5.11 Å². The largest absolute Gasteiger partial charge is 0.507 e. The van der Waals surface area contributed by atoms with Crippen molar-refractivity contribution in [1.82, 2.24) is 0 Å². The summed E-state index contributed by atoms with van der Waals surface area (Å²) in [4.78, 5) is 0. The molecule has 0 fully saturated rings. The van der Waals surface area contributed by atoms with Crippen molar-refractivity contribution in [1.29, 1.82) is 0 Å². The minimum absolute atomic E-state index is 0.224. The Labute approximate surface area is 77.8 Å². The number of phenols is 1. The predicted octanol–water partition coefficient (Wildman–Crippen LogP) is -0.00274. The lowest BCUT2D eigenvalue weighted by atomic mass is 9.75. The van der Waals surface area contributed by atoms with Crippen LogP contribution in [-0.4, -0.2) is 22.3 Å². The molecule has 3 N–H and O–H groups in total. The van der Waals surface area contributed by atoms with E-state index in [0.29, 0.717) is 16.6 Å². The smallest absolute Gasteiger partial charge is 0.488 e. The SMILES string of the molecule is Cc1cc(B(O)O)c(C)c(C)c1O. The molecule has 4 heteroatoms. The molecule has 0 bridgehead atoms. The first-order valence-electron chi connectivity index (χ1n) is 4.11. The Balaban J connectivity index is 3.41. The minimum atomic E-state index is -1.47. The molecule has 3 nitrogen and oxygen atoms in total. The summed E-state index contributed by atoms with van der Waals surface area (Å²) in [6.45, 7) is 5.24. The Hall–Kier alpha value is -0.995. The first kappa shape index (κ1) is 10.1. The second kappa shape index (κ2) is 3.40. The van der Waals surface area contributed by atoms with Gasteiger partial charge < -0.3 is 15.2 Å². The van der Waals surface area contributed by atoms with Crippen molar-refractivity contribution < 1.29 is 15.2 Å². The number of benzene rings is 1. The van der Waals surface area contributed by atoms with Crippen LogP contribution in [0.1, 0.15) is 16.7 Å². The van der Waals surface area contributed by atoms with Gasteiger partial charge >= 0.3 is 7.12 Å². The molecule has 0 aliphatic heterocycles. The molecule has 13 heavy (non-hydrogen) atoms. The molecule has 0 heterocycles. The monoisotopic (exact) mass is 180 g/mol. The lowest BCUT2D eigenvalue weighted by Crippen LogP contribution is -2.32. The number of phenolic OH excluding ortho intramolecular Hbond substituents is 1. The second-order valence-corrected chi connectivity index (χ2v) is 3.25. The van der Waals surface area contributed by atoms with Gasteiger partial charge in [-0.05, 0) is 42.9 Å². The molecule has 0 amide bonds. The summed E-state index contributed by atoms with van der Waals surface area (Å²) in [5.41, 5.74) is 2.53. The minimum Gasteiger partial charge on any atom is -0.507 e. The lowest BCUT2D eigenvalue weighted by Gasteiger charge is -2.11. The Bertz CT molecular complexity index is 334. The highest BCUT2D eigenvalue weighted by molar-refractivity contribution is 6.59. The van der Waals surface area contributed by atoms with Crippen LogP contribution in [-0.2, 0) is 0 Å². The third kappa shape index (κ3) is 1.69. The predicted molar refractivity (Wildman–Crippen MR) is 52.1 cm³/mol. The van der Waals surface area contributed by atoms with Gasteiger partial charge in [-0.3, -0.25) is 0 Å². The topological polar surface area (TPSA) is 60.7 Å². The molecule has 0 aromatic heterocycles. The summed E-state index contributed by atoms with van der Waals surface area (Å²) < 4.78 is 0. The Kier molecular flexibility index (Phi) is 2.64. The number of aryl methyl sites for hydroxylation is 1. The van der Waals surface area contributed by atoms with Crippen LogP contribution in [0.25, 0.3) is 0 Å². The van der Waals surface area contributed by atoms with Crippen LogP contribution in [0.2, 0.25) is 0 Å². The third-order valence-electron chi connectivity index (χ3n) is 2.37. The quantitative estimate of drug-likeness (QED) is 0.533. The van der Waals surface area contributed by atoms with Crippen molar-refractivity contribution in [3.8, 4) is 5.75 Å². The summed E-state index contributed by atoms with van der Waals surface area (Å²) in [5.74, 6) is 0.224. The van der Waals surface area contributed by atoms with Crippen LogP contribution in [0.4, 0.5) is 0 Å². The summed E-state index contributed by atoms with van der Waals surface area (Å²) in [7, 11) is -1.47. The van der Waals surface area contributed by atoms with Gasteiger partial charge in [-0.1, -0.05) is 6.07 Å². The highest BCUT2D eigenvalue weighted by Gasteiger charge is 2.17. The summed E-state index contributed by atoms with van der Waals surface area (Å²) in [6, 6.07) is 1.59. The van der Waals surface area contributed by atoms with E-state index >= 15 is 0 Å². The van der Waals surface area contributed by atoms with Gasteiger partial charge in [0.05, 0.1) is 0 Å². The number of hydrogen-bond acceptors (Lipinski definition) is 3. The lowest BCUT2D eigenvalue weighted by molar-refractivity contribution is 0.425. The van der Waals surface area contributed by atoms with Gasteiger partial charge in [-0.15, -0.1) is 0 Å². The van der Waals surface area contributed by atoms with Crippen molar-refractivity contribution in [2.75, 3.05) is 0 Å². The van der Waals surface area contributed by atoms with Crippen molar-refractivity contribution in [3.05, 3.63) is 22.8 Å². The summed E-state index contributed by atoms with van der Waals surface area (Å²) in [5, 5.41) is 27.6. The molecule has 0 atom stereocenters. The van der Waals surface area contributed by atoms with E-state index in [1.807, 2.05) is 0 Å². The molecule has 0 aliphatic carbocycles. The fourth-order valence-corrected chi connectivity index (χ4v) is 1.37. The van der Waals surface area contributed by atoms with Crippen molar-refractivity contribution in [2.24, 2.45) is 0 Å². The zero-order valence-electron chi connectivity index (χ0n) is 8.00. The third-order valence-corrected chi connectivity index (χ3v) is 2.37. The van der Waals surface area contributed by atoms with E-state index in [0.717, 1.165) is 5.56 Å². The normalized spacial score (nSPS) is 10.2.